The lowest BCUT2D eigenvalue weighted by atomic mass is 9.99. The number of morpholine rings is 1. The van der Waals surface area contributed by atoms with Gasteiger partial charge >= 0.3 is 6.03 Å². The molecule has 0 bridgehead atoms. The molecule has 1 fully saturated rings. The number of nitrogens with one attached hydrogen (secondary N) is 2. The molecule has 9 heteroatoms. The first-order valence-corrected chi connectivity index (χ1v) is 11.6. The van der Waals surface area contributed by atoms with Gasteiger partial charge in [-0.3, -0.25) is 14.4 Å². The number of carbonyl (C=O) groups excluding carboxylic acids is 4. The van der Waals surface area contributed by atoms with Gasteiger partial charge in [0.1, 0.15) is 6.04 Å². The van der Waals surface area contributed by atoms with Crippen LogP contribution in [0, 0.1) is 0 Å². The van der Waals surface area contributed by atoms with Gasteiger partial charge in [-0.05, 0) is 24.0 Å². The molecule has 3 rings (SSSR count). The number of benzene rings is 2. The third kappa shape index (κ3) is 7.99. The van der Waals surface area contributed by atoms with Gasteiger partial charge in [0, 0.05) is 19.5 Å². The molecule has 35 heavy (non-hydrogen) atoms. The van der Waals surface area contributed by atoms with Crippen LogP contribution in [-0.4, -0.2) is 73.5 Å². The van der Waals surface area contributed by atoms with Crippen molar-refractivity contribution in [1.82, 2.24) is 15.5 Å². The van der Waals surface area contributed by atoms with Crippen LogP contribution in [-0.2, 0) is 32.0 Å². The fraction of sp³-hybridized carbons (Fsp3) is 0.385. The smallest absolute Gasteiger partial charge is 0.318 e. The van der Waals surface area contributed by atoms with Crippen molar-refractivity contribution in [3.05, 3.63) is 71.8 Å². The quantitative estimate of drug-likeness (QED) is 0.475. The lowest BCUT2D eigenvalue weighted by molar-refractivity contribution is -0.139. The van der Waals surface area contributed by atoms with E-state index in [0.717, 1.165) is 11.1 Å². The van der Waals surface area contributed by atoms with E-state index in [2.05, 4.69) is 10.6 Å². The summed E-state index contributed by atoms with van der Waals surface area (Å²) in [5, 5.41) is 5.34. The Morgan fingerprint density at radius 2 is 1.46 bits per heavy atom. The van der Waals surface area contributed by atoms with E-state index in [-0.39, 0.29) is 12.8 Å². The van der Waals surface area contributed by atoms with Crippen LogP contribution in [0.15, 0.2) is 60.7 Å². The van der Waals surface area contributed by atoms with E-state index in [0.29, 0.717) is 32.7 Å². The molecule has 186 valence electrons. The third-order valence-corrected chi connectivity index (χ3v) is 5.79. The zero-order valence-electron chi connectivity index (χ0n) is 19.5. The maximum atomic E-state index is 13.3. The zero-order valence-corrected chi connectivity index (χ0v) is 19.5. The van der Waals surface area contributed by atoms with E-state index in [4.69, 9.17) is 4.74 Å². The van der Waals surface area contributed by atoms with Gasteiger partial charge in [0.2, 0.25) is 17.5 Å². The lowest BCUT2D eigenvalue weighted by Gasteiger charge is -2.29. The van der Waals surface area contributed by atoms with Gasteiger partial charge in [0.15, 0.2) is 6.67 Å². The molecule has 0 radical (unpaired) electrons. The number of carbonyl (C=O) groups is 4. The van der Waals surface area contributed by atoms with Crippen molar-refractivity contribution in [2.75, 3.05) is 33.0 Å². The average Bonchev–Trinajstić information content (AvgIpc) is 2.91. The summed E-state index contributed by atoms with van der Waals surface area (Å²) in [5.74, 6) is -2.80. The number of Topliss-reactive ketones (excluding diaryl/α,β-unsaturated/α-hetero) is 2. The van der Waals surface area contributed by atoms with Crippen molar-refractivity contribution in [2.45, 2.75) is 31.3 Å². The number of halogens is 1. The summed E-state index contributed by atoms with van der Waals surface area (Å²) < 4.78 is 18.2. The summed E-state index contributed by atoms with van der Waals surface area (Å²) in [5.41, 5.74) is 1.72. The molecule has 3 amide bonds. The predicted octanol–water partition coefficient (Wildman–Crippen LogP) is 1.86. The van der Waals surface area contributed by atoms with E-state index in [9.17, 15) is 23.6 Å². The number of nitrogens with zero attached hydrogens (tertiary/aromatic N) is 1. The first-order chi connectivity index (χ1) is 17.0. The SMILES string of the molecule is O=C(CF)C(=O)[C@H](CCc1ccccc1)NC(=O)[C@H](Cc1ccccc1)NC(=O)N1CCOCC1. The van der Waals surface area contributed by atoms with Crippen LogP contribution in [0.3, 0.4) is 0 Å². The Balaban J connectivity index is 1.75. The minimum Gasteiger partial charge on any atom is -0.378 e. The van der Waals surface area contributed by atoms with Gasteiger partial charge in [-0.25, -0.2) is 9.18 Å². The van der Waals surface area contributed by atoms with Crippen molar-refractivity contribution < 1.29 is 28.3 Å². The molecule has 2 N–H and O–H groups in total. The second-order valence-corrected chi connectivity index (χ2v) is 8.30. The van der Waals surface area contributed by atoms with E-state index in [1.807, 2.05) is 60.7 Å². The van der Waals surface area contributed by atoms with Gasteiger partial charge in [-0.2, -0.15) is 0 Å². The van der Waals surface area contributed by atoms with Crippen LogP contribution in [0.5, 0.6) is 0 Å². The fourth-order valence-corrected chi connectivity index (χ4v) is 3.82. The minimum absolute atomic E-state index is 0.121. The van der Waals surface area contributed by atoms with Gasteiger partial charge in [-0.1, -0.05) is 60.7 Å². The highest BCUT2D eigenvalue weighted by Crippen LogP contribution is 2.10. The van der Waals surface area contributed by atoms with Crippen molar-refractivity contribution in [2.24, 2.45) is 0 Å². The molecule has 1 aliphatic heterocycles. The molecule has 0 spiro atoms. The van der Waals surface area contributed by atoms with Gasteiger partial charge < -0.3 is 20.3 Å². The summed E-state index contributed by atoms with van der Waals surface area (Å²) in [6.07, 6.45) is 0.704. The standard InChI is InChI=1S/C26H30FN3O5/c27-18-23(31)24(32)21(12-11-19-7-3-1-4-8-19)28-25(33)22(17-20-9-5-2-6-10-20)29-26(34)30-13-15-35-16-14-30/h1-10,21-22H,11-18H2,(H,28,33)(H,29,34)/t21-,22-/m0/s1. The summed E-state index contributed by atoms with van der Waals surface area (Å²) in [4.78, 5) is 52.0. The molecule has 2 aromatic carbocycles. The number of ether oxygens (including phenoxy) is 1. The number of hydrogen-bond acceptors (Lipinski definition) is 5. The molecule has 1 heterocycles. The number of urea groups is 1. The number of alkyl halides is 1. The Kier molecular flexibility index (Phi) is 9.92. The molecule has 1 saturated heterocycles. The first kappa shape index (κ1) is 26.0. The molecule has 2 atom stereocenters. The summed E-state index contributed by atoms with van der Waals surface area (Å²) >= 11 is 0. The van der Waals surface area contributed by atoms with Crippen LogP contribution < -0.4 is 10.6 Å². The molecule has 0 aromatic heterocycles. The number of ketones is 2. The topological polar surface area (TPSA) is 105 Å². The van der Waals surface area contributed by atoms with Crippen molar-refractivity contribution >= 4 is 23.5 Å². The average molecular weight is 484 g/mol. The van der Waals surface area contributed by atoms with Crippen LogP contribution >= 0.6 is 0 Å². The van der Waals surface area contributed by atoms with E-state index >= 15 is 0 Å². The second-order valence-electron chi connectivity index (χ2n) is 8.30. The van der Waals surface area contributed by atoms with Gasteiger partial charge in [-0.15, -0.1) is 0 Å². The third-order valence-electron chi connectivity index (χ3n) is 5.79. The summed E-state index contributed by atoms with van der Waals surface area (Å²) in [6, 6.07) is 15.8. The van der Waals surface area contributed by atoms with Crippen LogP contribution in [0.25, 0.3) is 0 Å². The van der Waals surface area contributed by atoms with Crippen molar-refractivity contribution in [3.8, 4) is 0 Å². The minimum atomic E-state index is -1.43. The van der Waals surface area contributed by atoms with E-state index in [1.54, 1.807) is 4.90 Å². The molecule has 1 aliphatic rings. The van der Waals surface area contributed by atoms with E-state index in [1.165, 1.54) is 0 Å². The Bertz CT molecular complexity index is 997. The lowest BCUT2D eigenvalue weighted by Crippen LogP contribution is -2.56. The fourth-order valence-electron chi connectivity index (χ4n) is 3.82. The Morgan fingerprint density at radius 1 is 0.857 bits per heavy atom. The van der Waals surface area contributed by atoms with Crippen LogP contribution in [0.1, 0.15) is 17.5 Å². The van der Waals surface area contributed by atoms with Crippen molar-refractivity contribution in [1.29, 1.82) is 0 Å². The first-order valence-electron chi connectivity index (χ1n) is 11.6. The summed E-state index contributed by atoms with van der Waals surface area (Å²) in [7, 11) is 0. The highest BCUT2D eigenvalue weighted by atomic mass is 19.1. The van der Waals surface area contributed by atoms with Gasteiger partial charge in [0.25, 0.3) is 0 Å². The predicted molar refractivity (Wildman–Crippen MR) is 128 cm³/mol. The number of amides is 3. The summed E-state index contributed by atoms with van der Waals surface area (Å²) in [6.45, 7) is 0.176. The van der Waals surface area contributed by atoms with Crippen molar-refractivity contribution in [3.63, 3.8) is 0 Å². The van der Waals surface area contributed by atoms with Crippen LogP contribution in [0.2, 0.25) is 0 Å². The number of hydrogen-bond donors (Lipinski definition) is 2. The molecule has 0 saturated carbocycles. The molecule has 8 nitrogen and oxygen atoms in total. The van der Waals surface area contributed by atoms with Crippen LogP contribution in [0.4, 0.5) is 9.18 Å². The zero-order chi connectivity index (χ0) is 25.0. The Labute approximate surface area is 203 Å². The second kappa shape index (κ2) is 13.3. The molecule has 0 unspecified atom stereocenters. The molecule has 2 aromatic rings. The Morgan fingerprint density at radius 3 is 2.06 bits per heavy atom. The maximum Gasteiger partial charge on any atom is 0.318 e. The number of rotatable bonds is 11. The maximum absolute atomic E-state index is 13.3. The Hall–Kier alpha value is -3.59. The monoisotopic (exact) mass is 483 g/mol. The highest BCUT2D eigenvalue weighted by Gasteiger charge is 2.31. The largest absolute Gasteiger partial charge is 0.378 e. The molecular formula is C26H30FN3O5. The normalized spacial score (nSPS) is 15.1. The highest BCUT2D eigenvalue weighted by molar-refractivity contribution is 6.40. The number of aryl methyl sites for hydroxylation is 1. The molecular weight excluding hydrogens is 453 g/mol. The molecule has 0 aliphatic carbocycles. The van der Waals surface area contributed by atoms with Gasteiger partial charge in [0.05, 0.1) is 19.3 Å². The van der Waals surface area contributed by atoms with E-state index < -0.39 is 42.3 Å².